The Labute approximate surface area is 383 Å². The fourth-order valence-corrected chi connectivity index (χ4v) is 11.7. The maximum atomic E-state index is 6.24. The predicted octanol–water partition coefficient (Wildman–Crippen LogP) is 14.3. The van der Waals surface area contributed by atoms with Gasteiger partial charge >= 0.3 is 126 Å². The summed E-state index contributed by atoms with van der Waals surface area (Å²) < 4.78 is 10.1. The van der Waals surface area contributed by atoms with Gasteiger partial charge in [-0.15, -0.1) is 17.7 Å². The van der Waals surface area contributed by atoms with Gasteiger partial charge in [-0.2, -0.15) is 0 Å². The molecule has 0 fully saturated rings. The number of pyridine rings is 2. The van der Waals surface area contributed by atoms with E-state index in [1.54, 1.807) is 4.40 Å². The van der Waals surface area contributed by atoms with Gasteiger partial charge in [-0.3, -0.25) is 4.98 Å². The summed E-state index contributed by atoms with van der Waals surface area (Å²) in [5.41, 5.74) is 15.2. The standard InChI is InChI=1S/C37H32N3O.C18H24GeN.Ir/c1-22(2)30-19-27(25-11-7-6-8-12-25)20-31(23(3)4)35(30)40-33-14-10-9-13-32(33)39-36(40)26-16-18-28-29-17-15-24(5)38-37(29)41-34(28)21-26;1-14(2)11-16-12-18(15-9-7-6-8-10-15)20-13-17(16)19(3,4)5;/h6-15,17-23H,1-5H3;6-9,12-14H,11H2,1-5H3;/q2*-1;. The first kappa shape index (κ1) is 44.9. The Balaban J connectivity index is 0.000000233. The third-order valence-electron chi connectivity index (χ3n) is 11.4. The number of aryl methyl sites for hydroxylation is 1. The van der Waals surface area contributed by atoms with Gasteiger partial charge in [0.15, 0.2) is 0 Å². The van der Waals surface area contributed by atoms with Crippen molar-refractivity contribution < 1.29 is 24.5 Å². The van der Waals surface area contributed by atoms with Crippen molar-refractivity contribution in [2.45, 2.75) is 84.0 Å². The molecule has 1 radical (unpaired) electrons. The zero-order valence-corrected chi connectivity index (χ0v) is 42.1. The molecule has 0 aliphatic heterocycles. The summed E-state index contributed by atoms with van der Waals surface area (Å²) in [5.74, 6) is 9.45. The second-order valence-electron chi connectivity index (χ2n) is 18.3. The van der Waals surface area contributed by atoms with Crippen molar-refractivity contribution in [1.82, 2.24) is 19.5 Å². The van der Waals surface area contributed by atoms with Crippen LogP contribution in [0, 0.1) is 25.0 Å². The molecule has 317 valence electrons. The van der Waals surface area contributed by atoms with E-state index < -0.39 is 13.3 Å². The van der Waals surface area contributed by atoms with Crippen LogP contribution in [0.25, 0.3) is 72.6 Å². The summed E-state index contributed by atoms with van der Waals surface area (Å²) in [5, 5.41) is 2.01. The molecule has 5 nitrogen and oxygen atoms in total. The number of para-hydroxylation sites is 2. The molecule has 0 aliphatic rings. The summed E-state index contributed by atoms with van der Waals surface area (Å²) in [6, 6.07) is 49.1. The van der Waals surface area contributed by atoms with E-state index in [0.29, 0.717) is 23.5 Å². The quantitative estimate of drug-likeness (QED) is 0.107. The molecule has 4 aromatic heterocycles. The fraction of sp³-hybridized carbons (Fsp3) is 0.255. The van der Waals surface area contributed by atoms with Gasteiger partial charge in [-0.05, 0) is 71.3 Å². The van der Waals surface area contributed by atoms with Crippen molar-refractivity contribution in [3.63, 3.8) is 0 Å². The van der Waals surface area contributed by atoms with Gasteiger partial charge in [0.25, 0.3) is 0 Å². The minimum atomic E-state index is -1.86. The topological polar surface area (TPSA) is 56.7 Å². The minimum absolute atomic E-state index is 0. The van der Waals surface area contributed by atoms with Crippen LogP contribution in [0.1, 0.15) is 75.8 Å². The smallest absolute Gasteiger partial charge is 0.215 e. The van der Waals surface area contributed by atoms with Gasteiger partial charge in [0.2, 0.25) is 5.71 Å². The fourth-order valence-electron chi connectivity index (χ4n) is 8.35. The number of hydrogen-bond acceptors (Lipinski definition) is 4. The van der Waals surface area contributed by atoms with Crippen LogP contribution >= 0.6 is 0 Å². The molecule has 4 heterocycles. The second kappa shape index (κ2) is 18.7. The van der Waals surface area contributed by atoms with E-state index in [-0.39, 0.29) is 20.1 Å². The van der Waals surface area contributed by atoms with E-state index in [2.05, 4.69) is 178 Å². The van der Waals surface area contributed by atoms with Crippen LogP contribution in [-0.2, 0) is 26.5 Å². The van der Waals surface area contributed by atoms with Crippen molar-refractivity contribution in [3.05, 3.63) is 162 Å². The van der Waals surface area contributed by atoms with Crippen LogP contribution in [-0.4, -0.2) is 32.8 Å². The molecule has 0 saturated heterocycles. The first-order valence-electron chi connectivity index (χ1n) is 21.7. The molecular weight excluding hydrogens is 997 g/mol. The monoisotopic (exact) mass is 1060 g/mol. The SMILES string of the molecule is CC(C)Cc1cc(-c2[c-]cccc2)nc[c]1[Ge]([CH3])([CH3])[CH3].Cc1ccc2c(n1)oc1cc(-c3nc4ccccc4n3-c3c(C(C)C)cc(-c4ccccc4)cc3C(C)C)[c-]cc12.[Ir]. The van der Waals surface area contributed by atoms with Crippen molar-refractivity contribution in [2.75, 3.05) is 0 Å². The summed E-state index contributed by atoms with van der Waals surface area (Å²) >= 11 is -1.86. The van der Waals surface area contributed by atoms with Crippen LogP contribution in [0.15, 0.2) is 132 Å². The Hall–Kier alpha value is -5.14. The number of hydrogen-bond donors (Lipinski definition) is 0. The zero-order valence-electron chi connectivity index (χ0n) is 37.6. The molecule has 0 saturated carbocycles. The average Bonchev–Trinajstić information content (AvgIpc) is 3.81. The number of nitrogens with zero attached hydrogens (tertiary/aromatic N) is 4. The molecule has 0 amide bonds. The number of rotatable bonds is 9. The van der Waals surface area contributed by atoms with Gasteiger partial charge in [0.1, 0.15) is 0 Å². The maximum Gasteiger partial charge on any atom is 0.215 e. The molecule has 5 aromatic carbocycles. The Morgan fingerprint density at radius 3 is 2.05 bits per heavy atom. The van der Waals surface area contributed by atoms with Gasteiger partial charge < -0.3 is 8.98 Å². The van der Waals surface area contributed by atoms with E-state index in [9.17, 15) is 0 Å². The van der Waals surface area contributed by atoms with Crippen molar-refractivity contribution in [3.8, 4) is 39.5 Å². The minimum Gasteiger partial charge on any atom is -0.458 e. The molecule has 0 aliphatic carbocycles. The average molecular weight is 1050 g/mol. The van der Waals surface area contributed by atoms with Crippen LogP contribution in [0.4, 0.5) is 0 Å². The Morgan fingerprint density at radius 1 is 0.694 bits per heavy atom. The summed E-state index contributed by atoms with van der Waals surface area (Å²) in [6.07, 6.45) is 3.27. The molecule has 9 aromatic rings. The number of furan rings is 1. The molecule has 0 atom stereocenters. The molecular formula is C55H56GeIrN4O-2. The summed E-state index contributed by atoms with van der Waals surface area (Å²) in [4.78, 5) is 14.5. The largest absolute Gasteiger partial charge is 0.458 e. The van der Waals surface area contributed by atoms with E-state index in [4.69, 9.17) is 14.4 Å². The molecule has 0 unspecified atom stereocenters. The maximum absolute atomic E-state index is 6.24. The van der Waals surface area contributed by atoms with Crippen molar-refractivity contribution in [1.29, 1.82) is 0 Å². The molecule has 0 bridgehead atoms. The van der Waals surface area contributed by atoms with Crippen molar-refractivity contribution >= 4 is 50.8 Å². The van der Waals surface area contributed by atoms with Crippen molar-refractivity contribution in [2.24, 2.45) is 5.92 Å². The van der Waals surface area contributed by atoms with E-state index >= 15 is 0 Å². The summed E-state index contributed by atoms with van der Waals surface area (Å²) in [7, 11) is 0. The second-order valence-corrected chi connectivity index (χ2v) is 28.9. The first-order valence-corrected chi connectivity index (χ1v) is 29.0. The summed E-state index contributed by atoms with van der Waals surface area (Å²) in [6.45, 7) is 15.7. The van der Waals surface area contributed by atoms with Crippen LogP contribution < -0.4 is 4.40 Å². The van der Waals surface area contributed by atoms with Gasteiger partial charge in [0.05, 0.1) is 22.4 Å². The Kier molecular flexibility index (Phi) is 13.5. The molecule has 9 rings (SSSR count). The van der Waals surface area contributed by atoms with Gasteiger partial charge in [-0.25, -0.2) is 4.98 Å². The van der Waals surface area contributed by atoms with Crippen LogP contribution in [0.3, 0.4) is 0 Å². The normalized spacial score (nSPS) is 11.8. The Morgan fingerprint density at radius 2 is 1.39 bits per heavy atom. The Bertz CT molecular complexity index is 2950. The van der Waals surface area contributed by atoms with E-state index in [0.717, 1.165) is 62.1 Å². The zero-order chi connectivity index (χ0) is 43.0. The predicted molar refractivity (Wildman–Crippen MR) is 259 cm³/mol. The third-order valence-corrected chi connectivity index (χ3v) is 15.7. The molecule has 0 spiro atoms. The number of benzene rings is 5. The number of aromatic nitrogens is 4. The number of fused-ring (bicyclic) bond motifs is 4. The number of imidazole rings is 1. The van der Waals surface area contributed by atoms with Gasteiger partial charge in [0, 0.05) is 36.9 Å². The van der Waals surface area contributed by atoms with E-state index in [1.807, 2.05) is 37.3 Å². The third kappa shape index (κ3) is 9.29. The van der Waals surface area contributed by atoms with E-state index in [1.165, 1.54) is 33.5 Å². The molecule has 62 heavy (non-hydrogen) atoms. The van der Waals surface area contributed by atoms with Gasteiger partial charge in [-0.1, -0.05) is 87.7 Å². The first-order chi connectivity index (χ1) is 29.3. The van der Waals surface area contributed by atoms with Crippen LogP contribution in [0.5, 0.6) is 0 Å². The molecule has 0 N–H and O–H groups in total. The van der Waals surface area contributed by atoms with Crippen LogP contribution in [0.2, 0.25) is 17.3 Å². The molecule has 7 heteroatoms.